The van der Waals surface area contributed by atoms with E-state index >= 15 is 0 Å². The molecule has 0 aromatic heterocycles. The second-order valence-electron chi connectivity index (χ2n) is 7.85. The molecule has 2 aliphatic heterocycles. The highest BCUT2D eigenvalue weighted by Gasteiger charge is 2.34. The average Bonchev–Trinajstić information content (AvgIpc) is 3.26. The van der Waals surface area contributed by atoms with Crippen molar-refractivity contribution in [1.29, 1.82) is 0 Å². The second-order valence-corrected chi connectivity index (χ2v) is 7.85. The summed E-state index contributed by atoms with van der Waals surface area (Å²) in [5.74, 6) is 2.68. The van der Waals surface area contributed by atoms with Crippen molar-refractivity contribution in [3.63, 3.8) is 0 Å². The Bertz CT molecular complexity index is 616. The van der Waals surface area contributed by atoms with Crippen molar-refractivity contribution < 1.29 is 14.2 Å². The Kier molecular flexibility index (Phi) is 5.67. The quantitative estimate of drug-likeness (QED) is 0.817. The van der Waals surface area contributed by atoms with E-state index in [4.69, 9.17) is 14.2 Å². The molecule has 5 heteroatoms. The van der Waals surface area contributed by atoms with E-state index in [0.29, 0.717) is 24.6 Å². The Morgan fingerprint density at radius 1 is 1.31 bits per heavy atom. The molecule has 3 aliphatic rings. The van der Waals surface area contributed by atoms with Crippen LogP contribution >= 0.6 is 0 Å². The van der Waals surface area contributed by atoms with Gasteiger partial charge in [-0.15, -0.1) is 0 Å². The van der Waals surface area contributed by atoms with E-state index in [0.717, 1.165) is 44.2 Å². The number of rotatable bonds is 6. The van der Waals surface area contributed by atoms with E-state index in [1.807, 2.05) is 6.92 Å². The fraction of sp³-hybridized carbons (Fsp3) is 0.714. The summed E-state index contributed by atoms with van der Waals surface area (Å²) in [5, 5.41) is 7.47. The molecule has 1 saturated carbocycles. The van der Waals surface area contributed by atoms with Gasteiger partial charge in [0.15, 0.2) is 0 Å². The lowest BCUT2D eigenvalue weighted by molar-refractivity contribution is 0.0524. The number of hydrogen-bond donors (Lipinski definition) is 2. The zero-order chi connectivity index (χ0) is 17.9. The third kappa shape index (κ3) is 3.85. The monoisotopic (exact) mass is 360 g/mol. The van der Waals surface area contributed by atoms with Gasteiger partial charge in [0.1, 0.15) is 17.6 Å². The maximum Gasteiger partial charge on any atom is 0.124 e. The lowest BCUT2D eigenvalue weighted by Crippen LogP contribution is -2.50. The Morgan fingerprint density at radius 2 is 2.23 bits per heavy atom. The minimum atomic E-state index is 0.263. The van der Waals surface area contributed by atoms with Crippen LogP contribution in [0.4, 0.5) is 0 Å². The Labute approximate surface area is 156 Å². The summed E-state index contributed by atoms with van der Waals surface area (Å²) in [6.45, 7) is 8.35. The van der Waals surface area contributed by atoms with Crippen LogP contribution in [-0.2, 0) is 17.7 Å². The first kappa shape index (κ1) is 18.1. The van der Waals surface area contributed by atoms with Crippen LogP contribution in [0.2, 0.25) is 0 Å². The smallest absolute Gasteiger partial charge is 0.124 e. The summed E-state index contributed by atoms with van der Waals surface area (Å²) >= 11 is 0. The highest BCUT2D eigenvalue weighted by Crippen LogP contribution is 2.36. The Morgan fingerprint density at radius 3 is 3.04 bits per heavy atom. The summed E-state index contributed by atoms with van der Waals surface area (Å²) in [6.07, 6.45) is 5.05. The zero-order valence-corrected chi connectivity index (χ0v) is 16.1. The molecule has 2 heterocycles. The fourth-order valence-electron chi connectivity index (χ4n) is 4.73. The van der Waals surface area contributed by atoms with Gasteiger partial charge in [-0.3, -0.25) is 0 Å². The average molecular weight is 360 g/mol. The number of fused-ring (bicyclic) bond motifs is 1. The molecule has 0 bridgehead atoms. The van der Waals surface area contributed by atoms with Crippen LogP contribution in [0.3, 0.4) is 0 Å². The van der Waals surface area contributed by atoms with E-state index in [1.54, 1.807) is 0 Å². The van der Waals surface area contributed by atoms with Crippen molar-refractivity contribution in [3.05, 3.63) is 23.3 Å². The molecule has 26 heavy (non-hydrogen) atoms. The first-order valence-electron chi connectivity index (χ1n) is 10.2. The van der Waals surface area contributed by atoms with Crippen LogP contribution < -0.4 is 20.1 Å². The summed E-state index contributed by atoms with van der Waals surface area (Å²) in [5.41, 5.74) is 2.48. The Hall–Kier alpha value is -1.30. The van der Waals surface area contributed by atoms with Gasteiger partial charge in [-0.25, -0.2) is 0 Å². The molecular weight excluding hydrogens is 328 g/mol. The largest absolute Gasteiger partial charge is 0.494 e. The van der Waals surface area contributed by atoms with Crippen molar-refractivity contribution in [2.24, 2.45) is 5.92 Å². The van der Waals surface area contributed by atoms with Crippen LogP contribution in [0.25, 0.3) is 0 Å². The number of hydrogen-bond acceptors (Lipinski definition) is 5. The standard InChI is InChI=1S/C21H32N2O3/c1-3-25-20-10-15-9-14(2)26-21(15)11-16(20)12-23-18-6-4-5-17(18)19-13-24-8-7-22-19/h10-11,14,17-19,22-23H,3-9,12-13H2,1-2H3. The van der Waals surface area contributed by atoms with E-state index in [2.05, 4.69) is 29.7 Å². The summed E-state index contributed by atoms with van der Waals surface area (Å²) < 4.78 is 17.6. The van der Waals surface area contributed by atoms with Crippen LogP contribution in [0.1, 0.15) is 44.2 Å². The van der Waals surface area contributed by atoms with Gasteiger partial charge >= 0.3 is 0 Å². The van der Waals surface area contributed by atoms with Crippen molar-refractivity contribution in [2.75, 3.05) is 26.4 Å². The number of benzene rings is 1. The third-order valence-electron chi connectivity index (χ3n) is 5.97. The molecule has 0 spiro atoms. The summed E-state index contributed by atoms with van der Waals surface area (Å²) in [4.78, 5) is 0. The molecule has 4 atom stereocenters. The number of ether oxygens (including phenoxy) is 3. The molecule has 5 nitrogen and oxygen atoms in total. The van der Waals surface area contributed by atoms with Crippen LogP contribution in [-0.4, -0.2) is 44.6 Å². The van der Waals surface area contributed by atoms with E-state index in [9.17, 15) is 0 Å². The third-order valence-corrected chi connectivity index (χ3v) is 5.97. The highest BCUT2D eigenvalue weighted by atomic mass is 16.5. The topological polar surface area (TPSA) is 51.8 Å². The molecule has 0 radical (unpaired) electrons. The SMILES string of the molecule is CCOc1cc2c(cc1CNC1CCCC1C1COCCN1)OC(C)C2. The van der Waals surface area contributed by atoms with Crippen LogP contribution in [0, 0.1) is 5.92 Å². The fourth-order valence-corrected chi connectivity index (χ4v) is 4.73. The maximum absolute atomic E-state index is 5.96. The van der Waals surface area contributed by atoms with Gasteiger partial charge in [0, 0.05) is 42.7 Å². The Balaban J connectivity index is 1.44. The first-order chi connectivity index (χ1) is 12.7. The number of nitrogens with one attached hydrogen (secondary N) is 2. The van der Waals surface area contributed by atoms with Gasteiger partial charge in [-0.2, -0.15) is 0 Å². The van der Waals surface area contributed by atoms with Gasteiger partial charge in [0.25, 0.3) is 0 Å². The van der Waals surface area contributed by atoms with E-state index < -0.39 is 0 Å². The summed E-state index contributed by atoms with van der Waals surface area (Å²) in [7, 11) is 0. The van der Waals surface area contributed by atoms with Gasteiger partial charge < -0.3 is 24.8 Å². The molecule has 1 aromatic rings. The predicted molar refractivity (Wildman–Crippen MR) is 102 cm³/mol. The normalized spacial score (nSPS) is 30.8. The molecule has 1 aromatic carbocycles. The van der Waals surface area contributed by atoms with Crippen LogP contribution in [0.15, 0.2) is 12.1 Å². The van der Waals surface area contributed by atoms with Gasteiger partial charge in [-0.05, 0) is 44.7 Å². The molecule has 1 saturated heterocycles. The lowest BCUT2D eigenvalue weighted by Gasteiger charge is -2.33. The van der Waals surface area contributed by atoms with Crippen molar-refractivity contribution >= 4 is 0 Å². The molecule has 4 unspecified atom stereocenters. The first-order valence-corrected chi connectivity index (χ1v) is 10.2. The molecule has 2 N–H and O–H groups in total. The molecule has 0 amide bonds. The van der Waals surface area contributed by atoms with Gasteiger partial charge in [0.05, 0.1) is 19.8 Å². The van der Waals surface area contributed by atoms with E-state index in [-0.39, 0.29) is 6.10 Å². The van der Waals surface area contributed by atoms with Gasteiger partial charge in [0.2, 0.25) is 0 Å². The molecule has 4 rings (SSSR count). The van der Waals surface area contributed by atoms with Crippen molar-refractivity contribution in [2.45, 2.75) is 64.3 Å². The molecule has 2 fully saturated rings. The predicted octanol–water partition coefficient (Wildman–Crippen LogP) is 2.66. The lowest BCUT2D eigenvalue weighted by atomic mass is 9.93. The van der Waals surface area contributed by atoms with Gasteiger partial charge in [-0.1, -0.05) is 6.42 Å². The maximum atomic E-state index is 5.96. The minimum absolute atomic E-state index is 0.263. The van der Waals surface area contributed by atoms with E-state index in [1.165, 1.54) is 30.4 Å². The zero-order valence-electron chi connectivity index (χ0n) is 16.1. The summed E-state index contributed by atoms with van der Waals surface area (Å²) in [6, 6.07) is 5.39. The second kappa shape index (κ2) is 8.15. The molecule has 144 valence electrons. The molecule has 1 aliphatic carbocycles. The van der Waals surface area contributed by atoms with Crippen molar-refractivity contribution in [3.8, 4) is 11.5 Å². The highest BCUT2D eigenvalue weighted by molar-refractivity contribution is 5.48. The van der Waals surface area contributed by atoms with Crippen molar-refractivity contribution in [1.82, 2.24) is 10.6 Å². The van der Waals surface area contributed by atoms with Crippen LogP contribution in [0.5, 0.6) is 11.5 Å². The minimum Gasteiger partial charge on any atom is -0.494 e. The number of morpholine rings is 1. The molecular formula is C21H32N2O3.